The van der Waals surface area contributed by atoms with E-state index in [1.807, 2.05) is 0 Å². The first kappa shape index (κ1) is 12.2. The van der Waals surface area contributed by atoms with Crippen molar-refractivity contribution in [2.24, 2.45) is 0 Å². The maximum absolute atomic E-state index is 11.3. The summed E-state index contributed by atoms with van der Waals surface area (Å²) < 4.78 is 21.2. The minimum atomic E-state index is -0.785. The van der Waals surface area contributed by atoms with Gasteiger partial charge in [0.2, 0.25) is 5.76 Å². The number of aliphatic hydroxyl groups excluding tert-OH is 1. The molecule has 96 valence electrons. The van der Waals surface area contributed by atoms with Crippen molar-refractivity contribution in [3.63, 3.8) is 0 Å². The second kappa shape index (κ2) is 4.19. The van der Waals surface area contributed by atoms with Crippen molar-refractivity contribution in [3.8, 4) is 0 Å². The quantitative estimate of drug-likeness (QED) is 0.742. The maximum atomic E-state index is 11.3. The summed E-state index contributed by atoms with van der Waals surface area (Å²) in [6.45, 7) is 5.93. The van der Waals surface area contributed by atoms with Gasteiger partial charge in [-0.25, -0.2) is 4.79 Å². The predicted octanol–water partition coefficient (Wildman–Crippen LogP) is 0.869. The van der Waals surface area contributed by atoms with Crippen LogP contribution in [0.3, 0.4) is 0 Å². The van der Waals surface area contributed by atoms with Gasteiger partial charge in [0.05, 0.1) is 13.2 Å². The molecule has 2 unspecified atom stereocenters. The highest BCUT2D eigenvalue weighted by Crippen LogP contribution is 2.32. The smallest absolute Gasteiger partial charge is 0.378 e. The van der Waals surface area contributed by atoms with E-state index in [9.17, 15) is 9.90 Å². The molecule has 2 rings (SSSR count). The first-order valence-corrected chi connectivity index (χ1v) is 5.53. The van der Waals surface area contributed by atoms with Crippen LogP contribution in [0.1, 0.15) is 20.8 Å². The van der Waals surface area contributed by atoms with Crippen molar-refractivity contribution in [3.05, 3.63) is 11.5 Å². The number of aliphatic hydroxyl groups is 1. The SMILES string of the molecule is CCOC1=C(O)C(=O)OC1C1COC(C)(C)O1. The summed E-state index contributed by atoms with van der Waals surface area (Å²) >= 11 is 0. The Bertz CT molecular complexity index is 359. The Morgan fingerprint density at radius 3 is 2.76 bits per heavy atom. The maximum Gasteiger partial charge on any atom is 0.378 e. The molecular weight excluding hydrogens is 228 g/mol. The van der Waals surface area contributed by atoms with Crippen molar-refractivity contribution >= 4 is 5.97 Å². The molecule has 1 N–H and O–H groups in total. The molecule has 0 aromatic carbocycles. The van der Waals surface area contributed by atoms with Gasteiger partial charge in [0.15, 0.2) is 17.7 Å². The monoisotopic (exact) mass is 244 g/mol. The molecule has 6 nitrogen and oxygen atoms in total. The standard InChI is InChI=1S/C11H16O6/c1-4-14-9-7(12)10(13)16-8(9)6-5-15-11(2,3)17-6/h6,8,12H,4-5H2,1-3H3. The van der Waals surface area contributed by atoms with E-state index in [0.29, 0.717) is 6.61 Å². The van der Waals surface area contributed by atoms with Crippen LogP contribution >= 0.6 is 0 Å². The molecule has 17 heavy (non-hydrogen) atoms. The average molecular weight is 244 g/mol. The summed E-state index contributed by atoms with van der Waals surface area (Å²) in [7, 11) is 0. The summed E-state index contributed by atoms with van der Waals surface area (Å²) in [6.07, 6.45) is -1.19. The third-order valence-corrected chi connectivity index (χ3v) is 2.59. The molecule has 2 aliphatic rings. The van der Waals surface area contributed by atoms with Crippen LogP contribution in [0.2, 0.25) is 0 Å². The lowest BCUT2D eigenvalue weighted by molar-refractivity contribution is -0.163. The van der Waals surface area contributed by atoms with Gasteiger partial charge in [0, 0.05) is 0 Å². The van der Waals surface area contributed by atoms with Crippen molar-refractivity contribution in [1.82, 2.24) is 0 Å². The van der Waals surface area contributed by atoms with Crippen LogP contribution in [0.4, 0.5) is 0 Å². The van der Waals surface area contributed by atoms with Gasteiger partial charge in [-0.2, -0.15) is 0 Å². The Kier molecular flexibility index (Phi) is 3.01. The molecule has 0 bridgehead atoms. The second-order valence-electron chi connectivity index (χ2n) is 4.34. The Balaban J connectivity index is 2.14. The van der Waals surface area contributed by atoms with E-state index in [1.54, 1.807) is 20.8 Å². The zero-order chi connectivity index (χ0) is 12.6. The number of rotatable bonds is 3. The van der Waals surface area contributed by atoms with Gasteiger partial charge in [-0.3, -0.25) is 0 Å². The molecule has 0 aromatic rings. The number of carbonyl (C=O) groups excluding carboxylic acids is 1. The lowest BCUT2D eigenvalue weighted by Gasteiger charge is -2.21. The molecule has 0 spiro atoms. The molecule has 2 aliphatic heterocycles. The van der Waals surface area contributed by atoms with E-state index >= 15 is 0 Å². The minimum Gasteiger partial charge on any atom is -0.499 e. The normalized spacial score (nSPS) is 31.8. The number of carbonyl (C=O) groups is 1. The average Bonchev–Trinajstić information content (AvgIpc) is 2.73. The first-order valence-electron chi connectivity index (χ1n) is 5.53. The van der Waals surface area contributed by atoms with Gasteiger partial charge in [0.25, 0.3) is 0 Å². The molecule has 0 amide bonds. The summed E-state index contributed by atoms with van der Waals surface area (Å²) in [5.74, 6) is -1.85. The Morgan fingerprint density at radius 2 is 2.24 bits per heavy atom. The fraction of sp³-hybridized carbons (Fsp3) is 0.727. The van der Waals surface area contributed by atoms with Crippen molar-refractivity contribution in [1.29, 1.82) is 0 Å². The van der Waals surface area contributed by atoms with Crippen LogP contribution < -0.4 is 0 Å². The Morgan fingerprint density at radius 1 is 1.53 bits per heavy atom. The largest absolute Gasteiger partial charge is 0.499 e. The lowest BCUT2D eigenvalue weighted by Crippen LogP contribution is -2.33. The van der Waals surface area contributed by atoms with E-state index in [1.165, 1.54) is 0 Å². The number of esters is 1. The Hall–Kier alpha value is -1.27. The van der Waals surface area contributed by atoms with Crippen LogP contribution in [-0.4, -0.2) is 42.3 Å². The van der Waals surface area contributed by atoms with Crippen LogP contribution in [0.5, 0.6) is 0 Å². The summed E-state index contributed by atoms with van der Waals surface area (Å²) in [5.41, 5.74) is 0. The van der Waals surface area contributed by atoms with Gasteiger partial charge in [-0.15, -0.1) is 0 Å². The second-order valence-corrected chi connectivity index (χ2v) is 4.34. The predicted molar refractivity (Wildman–Crippen MR) is 56.1 cm³/mol. The molecule has 1 fully saturated rings. The van der Waals surface area contributed by atoms with E-state index in [-0.39, 0.29) is 12.4 Å². The zero-order valence-electron chi connectivity index (χ0n) is 10.1. The summed E-state index contributed by atoms with van der Waals surface area (Å²) in [5, 5.41) is 9.53. The Labute approximate surface area is 99.1 Å². The van der Waals surface area contributed by atoms with Crippen molar-refractivity contribution < 1.29 is 28.8 Å². The molecular formula is C11H16O6. The summed E-state index contributed by atoms with van der Waals surface area (Å²) in [4.78, 5) is 11.3. The molecule has 0 saturated carbocycles. The fourth-order valence-electron chi connectivity index (χ4n) is 1.88. The molecule has 6 heteroatoms. The van der Waals surface area contributed by atoms with Crippen molar-refractivity contribution in [2.75, 3.05) is 13.2 Å². The van der Waals surface area contributed by atoms with Crippen LogP contribution in [0.25, 0.3) is 0 Å². The summed E-state index contributed by atoms with van der Waals surface area (Å²) in [6, 6.07) is 0. The van der Waals surface area contributed by atoms with Crippen LogP contribution in [0.15, 0.2) is 11.5 Å². The van der Waals surface area contributed by atoms with Gasteiger partial charge in [-0.05, 0) is 20.8 Å². The van der Waals surface area contributed by atoms with Crippen LogP contribution in [-0.2, 0) is 23.7 Å². The van der Waals surface area contributed by atoms with E-state index < -0.39 is 29.7 Å². The van der Waals surface area contributed by atoms with E-state index in [4.69, 9.17) is 18.9 Å². The number of ether oxygens (including phenoxy) is 4. The topological polar surface area (TPSA) is 74.2 Å². The van der Waals surface area contributed by atoms with Gasteiger partial charge in [-0.1, -0.05) is 0 Å². The third-order valence-electron chi connectivity index (χ3n) is 2.59. The van der Waals surface area contributed by atoms with Gasteiger partial charge >= 0.3 is 5.97 Å². The highest BCUT2D eigenvalue weighted by atomic mass is 16.8. The minimum absolute atomic E-state index is 0.129. The number of cyclic esters (lactones) is 1. The molecule has 1 saturated heterocycles. The molecule has 0 aliphatic carbocycles. The molecule has 2 atom stereocenters. The zero-order valence-corrected chi connectivity index (χ0v) is 10.1. The number of hydrogen-bond acceptors (Lipinski definition) is 6. The highest BCUT2D eigenvalue weighted by molar-refractivity contribution is 5.89. The van der Waals surface area contributed by atoms with E-state index in [0.717, 1.165) is 0 Å². The molecule has 2 heterocycles. The fourth-order valence-corrected chi connectivity index (χ4v) is 1.88. The van der Waals surface area contributed by atoms with Crippen LogP contribution in [0, 0.1) is 0 Å². The highest BCUT2D eigenvalue weighted by Gasteiger charge is 2.47. The van der Waals surface area contributed by atoms with Gasteiger partial charge in [0.1, 0.15) is 6.10 Å². The molecule has 0 aromatic heterocycles. The molecule has 0 radical (unpaired) electrons. The lowest BCUT2D eigenvalue weighted by atomic mass is 10.2. The van der Waals surface area contributed by atoms with Crippen molar-refractivity contribution in [2.45, 2.75) is 38.8 Å². The third kappa shape index (κ3) is 2.23. The van der Waals surface area contributed by atoms with E-state index in [2.05, 4.69) is 0 Å². The van der Waals surface area contributed by atoms with Gasteiger partial charge < -0.3 is 24.1 Å². The first-order chi connectivity index (χ1) is 7.94. The number of hydrogen-bond donors (Lipinski definition) is 1.